The summed E-state index contributed by atoms with van der Waals surface area (Å²) in [5.74, 6) is -0.502. The van der Waals surface area contributed by atoms with Gasteiger partial charge in [-0.15, -0.1) is 0 Å². The molecule has 0 radical (unpaired) electrons. The minimum atomic E-state index is -4.42. The van der Waals surface area contributed by atoms with Crippen LogP contribution in [0, 0.1) is 0 Å². The van der Waals surface area contributed by atoms with E-state index in [1.807, 2.05) is 0 Å². The van der Waals surface area contributed by atoms with Crippen LogP contribution in [0.25, 0.3) is 0 Å². The van der Waals surface area contributed by atoms with Crippen LogP contribution >= 0.6 is 7.82 Å². The van der Waals surface area contributed by atoms with Crippen LogP contribution in [0.15, 0.2) is 24.3 Å². The lowest BCUT2D eigenvalue weighted by molar-refractivity contribution is -0.147. The largest absolute Gasteiger partial charge is 0.472 e. The molecule has 0 aliphatic carbocycles. The van der Waals surface area contributed by atoms with Gasteiger partial charge in [0.15, 0.2) is 0 Å². The lowest BCUT2D eigenvalue weighted by Crippen LogP contribution is -2.27. The molecule has 396 valence electrons. The van der Waals surface area contributed by atoms with E-state index < -0.39 is 26.5 Å². The molecule has 3 N–H and O–H groups in total. The van der Waals surface area contributed by atoms with E-state index in [2.05, 4.69) is 43.5 Å². The summed E-state index contributed by atoms with van der Waals surface area (Å²) in [5.41, 5.74) is 0. The minimum Gasteiger partial charge on any atom is -0.463 e. The molecule has 0 aromatic rings. The first-order valence-electron chi connectivity index (χ1n) is 28.8. The molecule has 0 bridgehead atoms. The van der Waals surface area contributed by atoms with E-state index in [1.165, 1.54) is 225 Å². The van der Waals surface area contributed by atoms with Crippen LogP contribution in [-0.4, -0.2) is 54.3 Å². The van der Waals surface area contributed by atoms with Gasteiger partial charge in [0.2, 0.25) is 5.91 Å². The first-order valence-corrected chi connectivity index (χ1v) is 30.3. The number of carbonyl (C=O) groups is 2. The predicted octanol–water partition coefficient (Wildman–Crippen LogP) is 17.5. The van der Waals surface area contributed by atoms with Crippen LogP contribution in [0.5, 0.6) is 0 Å². The molecule has 9 nitrogen and oxygen atoms in total. The minimum absolute atomic E-state index is 0.0845. The fraction of sp³-hybridized carbons (Fsp3) is 0.895. The lowest BCUT2D eigenvalue weighted by atomic mass is 10.0. The standard InChI is InChI=1S/C57H110NO8P/c1-3-5-7-9-11-13-15-17-19-21-23-25-27-29-31-33-35-37-39-41-43-45-47-49-56(60)58-51-52-65-67(62,63)66-54-55(59)53-64-57(61)50-48-46-44-42-40-38-36-34-32-30-28-26-24-22-20-18-16-14-12-10-8-6-4-2/h11,13,17,19,55,59H,3-10,12,14-16,18,20-54H2,1-2H3,(H,58,60)(H,62,63)/b13-11-,19-17-. The smallest absolute Gasteiger partial charge is 0.463 e. The Hall–Kier alpha value is -1.51. The zero-order chi connectivity index (χ0) is 48.8. The Bertz CT molecular complexity index is 1150. The molecule has 1 amide bonds. The summed E-state index contributed by atoms with van der Waals surface area (Å²) < 4.78 is 27.1. The second-order valence-corrected chi connectivity index (χ2v) is 21.1. The van der Waals surface area contributed by atoms with E-state index in [0.717, 1.165) is 44.9 Å². The Morgan fingerprint density at radius 3 is 1.22 bits per heavy atom. The average molecular weight is 968 g/mol. The number of unbranched alkanes of at least 4 members (excludes halogenated alkanes) is 38. The number of esters is 1. The van der Waals surface area contributed by atoms with Crippen molar-refractivity contribution in [2.24, 2.45) is 0 Å². The maximum absolute atomic E-state index is 12.2. The van der Waals surface area contributed by atoms with Gasteiger partial charge >= 0.3 is 13.8 Å². The van der Waals surface area contributed by atoms with Gasteiger partial charge in [-0.2, -0.15) is 0 Å². The third-order valence-electron chi connectivity index (χ3n) is 12.9. The highest BCUT2D eigenvalue weighted by molar-refractivity contribution is 7.47. The summed E-state index contributed by atoms with van der Waals surface area (Å²) in [4.78, 5) is 34.2. The fourth-order valence-electron chi connectivity index (χ4n) is 8.53. The molecule has 67 heavy (non-hydrogen) atoms. The molecule has 0 spiro atoms. The predicted molar refractivity (Wildman–Crippen MR) is 284 cm³/mol. The lowest BCUT2D eigenvalue weighted by Gasteiger charge is -2.15. The molecule has 0 aliphatic rings. The molecule has 0 aromatic heterocycles. The Kier molecular flexibility index (Phi) is 52.6. The summed E-state index contributed by atoms with van der Waals surface area (Å²) in [5, 5.41) is 12.8. The van der Waals surface area contributed by atoms with E-state index in [-0.39, 0.29) is 32.1 Å². The van der Waals surface area contributed by atoms with Crippen LogP contribution < -0.4 is 5.32 Å². The Balaban J connectivity index is 3.49. The van der Waals surface area contributed by atoms with Gasteiger partial charge in [-0.3, -0.25) is 18.6 Å². The third-order valence-corrected chi connectivity index (χ3v) is 13.9. The molecule has 10 heteroatoms. The van der Waals surface area contributed by atoms with E-state index in [9.17, 15) is 24.2 Å². The topological polar surface area (TPSA) is 131 Å². The molecule has 0 aromatic carbocycles. The highest BCUT2D eigenvalue weighted by Crippen LogP contribution is 2.43. The molecule has 0 heterocycles. The van der Waals surface area contributed by atoms with Crippen molar-refractivity contribution in [2.45, 2.75) is 302 Å². The number of rotatable bonds is 55. The molecule has 0 saturated carbocycles. The maximum atomic E-state index is 12.2. The molecule has 0 saturated heterocycles. The van der Waals surface area contributed by atoms with Crippen LogP contribution in [0.1, 0.15) is 296 Å². The van der Waals surface area contributed by atoms with Crippen molar-refractivity contribution >= 4 is 19.7 Å². The van der Waals surface area contributed by atoms with Gasteiger partial charge in [-0.1, -0.05) is 263 Å². The maximum Gasteiger partial charge on any atom is 0.472 e. The van der Waals surface area contributed by atoms with Gasteiger partial charge in [0.25, 0.3) is 0 Å². The normalized spacial score (nSPS) is 13.2. The highest BCUT2D eigenvalue weighted by atomic mass is 31.2. The zero-order valence-corrected chi connectivity index (χ0v) is 45.0. The molecule has 2 unspecified atom stereocenters. The highest BCUT2D eigenvalue weighted by Gasteiger charge is 2.23. The second kappa shape index (κ2) is 53.8. The Morgan fingerprint density at radius 2 is 0.806 bits per heavy atom. The Labute approximate surface area is 414 Å². The molecule has 0 rings (SSSR count). The van der Waals surface area contributed by atoms with Crippen molar-refractivity contribution in [1.82, 2.24) is 5.32 Å². The van der Waals surface area contributed by atoms with E-state index in [0.29, 0.717) is 6.42 Å². The summed E-state index contributed by atoms with van der Waals surface area (Å²) >= 11 is 0. The van der Waals surface area contributed by atoms with E-state index in [4.69, 9.17) is 13.8 Å². The number of amides is 1. The van der Waals surface area contributed by atoms with Crippen LogP contribution in [0.4, 0.5) is 0 Å². The van der Waals surface area contributed by atoms with Crippen LogP contribution in [0.3, 0.4) is 0 Å². The first kappa shape index (κ1) is 65.5. The molecular weight excluding hydrogens is 858 g/mol. The van der Waals surface area contributed by atoms with Gasteiger partial charge in [0.05, 0.1) is 13.2 Å². The van der Waals surface area contributed by atoms with Crippen molar-refractivity contribution in [3.05, 3.63) is 24.3 Å². The van der Waals surface area contributed by atoms with Gasteiger partial charge < -0.3 is 20.1 Å². The van der Waals surface area contributed by atoms with Crippen LogP contribution in [0.2, 0.25) is 0 Å². The van der Waals surface area contributed by atoms with Crippen molar-refractivity contribution < 1.29 is 37.9 Å². The molecule has 2 atom stereocenters. The first-order chi connectivity index (χ1) is 32.8. The quantitative estimate of drug-likeness (QED) is 0.0238. The SMILES string of the molecule is CCCCC/C=C\C/C=C\CCCCCCCCCCCCCCCC(=O)NCCOP(=O)(O)OCC(O)COC(=O)CCCCCCCCCCCCCCCCCCCCCCCCC. The number of carbonyl (C=O) groups excluding carboxylic acids is 2. The van der Waals surface area contributed by atoms with Gasteiger partial charge in [0, 0.05) is 19.4 Å². The number of allylic oxidation sites excluding steroid dienone is 4. The van der Waals surface area contributed by atoms with E-state index in [1.54, 1.807) is 0 Å². The number of ether oxygens (including phenoxy) is 1. The number of phosphoric acid groups is 1. The van der Waals surface area contributed by atoms with Crippen LogP contribution in [-0.2, 0) is 27.9 Å². The average Bonchev–Trinajstić information content (AvgIpc) is 3.32. The molecule has 0 fully saturated rings. The Morgan fingerprint density at radius 1 is 0.463 bits per heavy atom. The number of hydrogen-bond donors (Lipinski definition) is 3. The van der Waals surface area contributed by atoms with Crippen molar-refractivity contribution in [2.75, 3.05) is 26.4 Å². The van der Waals surface area contributed by atoms with E-state index >= 15 is 0 Å². The van der Waals surface area contributed by atoms with Gasteiger partial charge in [-0.05, 0) is 44.9 Å². The van der Waals surface area contributed by atoms with Crippen molar-refractivity contribution in [3.8, 4) is 0 Å². The summed E-state index contributed by atoms with van der Waals surface area (Å²) in [6.45, 7) is 3.60. The summed E-state index contributed by atoms with van der Waals surface area (Å²) in [6, 6.07) is 0. The summed E-state index contributed by atoms with van der Waals surface area (Å²) in [7, 11) is -4.42. The fourth-order valence-corrected chi connectivity index (χ4v) is 9.29. The number of aliphatic hydroxyl groups is 1. The monoisotopic (exact) mass is 968 g/mol. The number of aliphatic hydroxyl groups excluding tert-OH is 1. The second-order valence-electron chi connectivity index (χ2n) is 19.6. The molecule has 0 aliphatic heterocycles. The number of hydrogen-bond acceptors (Lipinski definition) is 7. The van der Waals surface area contributed by atoms with Gasteiger partial charge in [-0.25, -0.2) is 4.57 Å². The number of nitrogens with one attached hydrogen (secondary N) is 1. The van der Waals surface area contributed by atoms with Crippen molar-refractivity contribution in [1.29, 1.82) is 0 Å². The molecular formula is C57H110NO8P. The zero-order valence-electron chi connectivity index (χ0n) is 44.1. The van der Waals surface area contributed by atoms with Crippen molar-refractivity contribution in [3.63, 3.8) is 0 Å². The van der Waals surface area contributed by atoms with Gasteiger partial charge in [0.1, 0.15) is 12.7 Å². The summed E-state index contributed by atoms with van der Waals surface area (Å²) in [6.07, 6.45) is 62.8. The number of phosphoric ester groups is 1. The third kappa shape index (κ3) is 55.3.